The number of rotatable bonds is 8. The zero-order chi connectivity index (χ0) is 21.7. The van der Waals surface area contributed by atoms with Gasteiger partial charge in [0.2, 0.25) is 0 Å². The molecule has 0 aromatic carbocycles. The molecule has 160 valence electrons. The number of nitrogens with one attached hydrogen (secondary N) is 3. The number of pyridine rings is 2. The van der Waals surface area contributed by atoms with Gasteiger partial charge in [-0.05, 0) is 25.0 Å². The summed E-state index contributed by atoms with van der Waals surface area (Å²) in [6.45, 7) is 8.27. The number of hydrogen-bond acceptors (Lipinski definition) is 8. The van der Waals surface area contributed by atoms with Gasteiger partial charge in [-0.2, -0.15) is 0 Å². The van der Waals surface area contributed by atoms with Crippen LogP contribution in [0.15, 0.2) is 30.7 Å². The van der Waals surface area contributed by atoms with E-state index in [4.69, 9.17) is 5.73 Å². The number of primary amides is 1. The Hall–Kier alpha value is -3.20. The van der Waals surface area contributed by atoms with Crippen molar-refractivity contribution >= 4 is 34.6 Å². The number of Topliss-reactive ketones (excluding diaryl/α,β-unsaturated/α-hetero) is 1. The number of nitrogens with two attached hydrogens (primary N) is 1. The average molecular weight is 412 g/mol. The molecule has 1 fully saturated rings. The van der Waals surface area contributed by atoms with Gasteiger partial charge in [0, 0.05) is 32.4 Å². The van der Waals surface area contributed by atoms with Crippen LogP contribution in [0.4, 0.5) is 22.9 Å². The van der Waals surface area contributed by atoms with Gasteiger partial charge in [-0.3, -0.25) is 14.6 Å². The fourth-order valence-electron chi connectivity index (χ4n) is 3.47. The van der Waals surface area contributed by atoms with Gasteiger partial charge in [-0.1, -0.05) is 13.8 Å². The van der Waals surface area contributed by atoms with E-state index in [2.05, 4.69) is 39.8 Å². The van der Waals surface area contributed by atoms with Gasteiger partial charge in [0.15, 0.2) is 5.78 Å². The summed E-state index contributed by atoms with van der Waals surface area (Å²) in [7, 11) is 0. The summed E-state index contributed by atoms with van der Waals surface area (Å²) in [5.41, 5.74) is 8.04. The molecule has 0 bridgehead atoms. The second-order valence-electron chi connectivity index (χ2n) is 7.77. The highest BCUT2D eigenvalue weighted by Gasteiger charge is 2.30. The van der Waals surface area contributed by atoms with Crippen LogP contribution in [0.1, 0.15) is 31.1 Å². The van der Waals surface area contributed by atoms with Crippen molar-refractivity contribution in [1.29, 1.82) is 0 Å². The Balaban J connectivity index is 2.10. The first-order valence-corrected chi connectivity index (χ1v) is 10.1. The molecule has 1 amide bonds. The van der Waals surface area contributed by atoms with Crippen molar-refractivity contribution in [1.82, 2.24) is 15.3 Å². The van der Waals surface area contributed by atoms with Gasteiger partial charge in [-0.15, -0.1) is 0 Å². The quantitative estimate of drug-likeness (QED) is 0.518. The second kappa shape index (κ2) is 9.53. The standard InChI is InChI=1S/C21H29N7O2/c1-13(2)9-25-19-17(28-8-7-24-11-16(28)14(3)29)12-26-21(18(19)20(22)30)27-15-5-4-6-23-10-15/h4-6,10,12-13,16,24H,7-9,11H2,1-3H3,(H2,22,30)(H2,25,26,27). The minimum absolute atomic E-state index is 0.0511. The third-order valence-electron chi connectivity index (χ3n) is 4.94. The van der Waals surface area contributed by atoms with E-state index in [0.29, 0.717) is 48.4 Å². The lowest BCUT2D eigenvalue weighted by molar-refractivity contribution is -0.118. The predicted octanol–water partition coefficient (Wildman–Crippen LogP) is 1.75. The van der Waals surface area contributed by atoms with Gasteiger partial charge in [0.05, 0.1) is 35.5 Å². The summed E-state index contributed by atoms with van der Waals surface area (Å²) >= 11 is 0. The molecule has 1 aliphatic heterocycles. The number of nitrogens with zero attached hydrogens (tertiary/aromatic N) is 3. The predicted molar refractivity (Wildman–Crippen MR) is 118 cm³/mol. The minimum atomic E-state index is -0.600. The maximum atomic E-state index is 12.5. The fraction of sp³-hybridized carbons (Fsp3) is 0.429. The highest BCUT2D eigenvalue weighted by atomic mass is 16.1. The van der Waals surface area contributed by atoms with Crippen LogP contribution < -0.4 is 26.6 Å². The number of carbonyl (C=O) groups is 2. The van der Waals surface area contributed by atoms with Crippen molar-refractivity contribution in [2.24, 2.45) is 11.7 Å². The highest BCUT2D eigenvalue weighted by molar-refractivity contribution is 6.06. The number of piperazine rings is 1. The molecule has 5 N–H and O–H groups in total. The molecule has 30 heavy (non-hydrogen) atoms. The summed E-state index contributed by atoms with van der Waals surface area (Å²) in [6.07, 6.45) is 5.00. The molecule has 3 rings (SSSR count). The summed E-state index contributed by atoms with van der Waals surface area (Å²) in [4.78, 5) is 35.3. The smallest absolute Gasteiger partial charge is 0.254 e. The monoisotopic (exact) mass is 411 g/mol. The SMILES string of the molecule is CC(=O)C1CNCCN1c1cnc(Nc2cccnc2)c(C(N)=O)c1NCC(C)C. The van der Waals surface area contributed by atoms with Crippen LogP contribution in [-0.2, 0) is 4.79 Å². The molecule has 9 heteroatoms. The van der Waals surface area contributed by atoms with Gasteiger partial charge in [-0.25, -0.2) is 4.98 Å². The second-order valence-corrected chi connectivity index (χ2v) is 7.77. The lowest BCUT2D eigenvalue weighted by Crippen LogP contribution is -2.54. The van der Waals surface area contributed by atoms with E-state index in [-0.39, 0.29) is 17.4 Å². The molecule has 1 saturated heterocycles. The molecule has 1 aliphatic rings. The molecular formula is C21H29N7O2. The van der Waals surface area contributed by atoms with Crippen LogP contribution in [0, 0.1) is 5.92 Å². The van der Waals surface area contributed by atoms with Crippen molar-refractivity contribution < 1.29 is 9.59 Å². The number of ketones is 1. The van der Waals surface area contributed by atoms with E-state index in [9.17, 15) is 9.59 Å². The third-order valence-corrected chi connectivity index (χ3v) is 4.94. The molecule has 1 atom stereocenters. The van der Waals surface area contributed by atoms with E-state index in [1.54, 1.807) is 31.6 Å². The van der Waals surface area contributed by atoms with Crippen LogP contribution in [0.3, 0.4) is 0 Å². The Morgan fingerprint density at radius 2 is 2.17 bits per heavy atom. The Morgan fingerprint density at radius 1 is 1.37 bits per heavy atom. The van der Waals surface area contributed by atoms with E-state index in [0.717, 1.165) is 6.54 Å². The van der Waals surface area contributed by atoms with E-state index < -0.39 is 5.91 Å². The number of aromatic nitrogens is 2. The topological polar surface area (TPSA) is 125 Å². The van der Waals surface area contributed by atoms with Crippen LogP contribution >= 0.6 is 0 Å². The molecule has 0 saturated carbocycles. The molecule has 9 nitrogen and oxygen atoms in total. The van der Waals surface area contributed by atoms with Crippen LogP contribution in [0.5, 0.6) is 0 Å². The lowest BCUT2D eigenvalue weighted by Gasteiger charge is -2.38. The van der Waals surface area contributed by atoms with Crippen molar-refractivity contribution in [3.63, 3.8) is 0 Å². The van der Waals surface area contributed by atoms with Crippen molar-refractivity contribution in [2.45, 2.75) is 26.8 Å². The van der Waals surface area contributed by atoms with Crippen LogP contribution in [0.25, 0.3) is 0 Å². The zero-order valence-electron chi connectivity index (χ0n) is 17.6. The number of amides is 1. The normalized spacial score (nSPS) is 16.4. The van der Waals surface area contributed by atoms with Gasteiger partial charge < -0.3 is 26.6 Å². The minimum Gasteiger partial charge on any atom is -0.382 e. The molecule has 2 aromatic rings. The molecular weight excluding hydrogens is 382 g/mol. The summed E-state index contributed by atoms with van der Waals surface area (Å²) in [5.74, 6) is 0.139. The first-order valence-electron chi connectivity index (χ1n) is 10.1. The van der Waals surface area contributed by atoms with Crippen molar-refractivity contribution in [2.75, 3.05) is 41.7 Å². The lowest BCUT2D eigenvalue weighted by atomic mass is 10.1. The van der Waals surface area contributed by atoms with E-state index in [1.165, 1.54) is 0 Å². The van der Waals surface area contributed by atoms with Gasteiger partial charge in [0.1, 0.15) is 11.4 Å². The Labute approximate surface area is 176 Å². The molecule has 3 heterocycles. The fourth-order valence-corrected chi connectivity index (χ4v) is 3.47. The molecule has 0 radical (unpaired) electrons. The van der Waals surface area contributed by atoms with E-state index in [1.807, 2.05) is 11.0 Å². The Kier molecular flexibility index (Phi) is 6.83. The third kappa shape index (κ3) is 4.85. The van der Waals surface area contributed by atoms with Crippen molar-refractivity contribution in [3.05, 3.63) is 36.3 Å². The average Bonchev–Trinajstić information content (AvgIpc) is 2.72. The summed E-state index contributed by atoms with van der Waals surface area (Å²) in [6, 6.07) is 3.28. The first-order chi connectivity index (χ1) is 14.4. The van der Waals surface area contributed by atoms with Crippen LogP contribution in [0.2, 0.25) is 0 Å². The molecule has 0 aliphatic carbocycles. The summed E-state index contributed by atoms with van der Waals surface area (Å²) in [5, 5.41) is 9.76. The molecule has 0 spiro atoms. The van der Waals surface area contributed by atoms with Crippen molar-refractivity contribution in [3.8, 4) is 0 Å². The summed E-state index contributed by atoms with van der Waals surface area (Å²) < 4.78 is 0. The Morgan fingerprint density at radius 3 is 2.80 bits per heavy atom. The molecule has 2 aromatic heterocycles. The number of anilines is 4. The maximum absolute atomic E-state index is 12.5. The Bertz CT molecular complexity index is 902. The maximum Gasteiger partial charge on any atom is 0.254 e. The number of hydrogen-bond donors (Lipinski definition) is 4. The van der Waals surface area contributed by atoms with Gasteiger partial charge in [0.25, 0.3) is 5.91 Å². The van der Waals surface area contributed by atoms with E-state index >= 15 is 0 Å². The highest BCUT2D eigenvalue weighted by Crippen LogP contribution is 2.35. The molecule has 1 unspecified atom stereocenters. The van der Waals surface area contributed by atoms with Gasteiger partial charge >= 0.3 is 0 Å². The number of carbonyl (C=O) groups excluding carboxylic acids is 2. The zero-order valence-corrected chi connectivity index (χ0v) is 17.6. The first kappa shape index (κ1) is 21.5. The van der Waals surface area contributed by atoms with Crippen LogP contribution in [-0.4, -0.2) is 53.9 Å². The largest absolute Gasteiger partial charge is 0.382 e.